The average Bonchev–Trinajstić information content (AvgIpc) is 3.20. The zero-order valence-corrected chi connectivity index (χ0v) is 16.4. The molecule has 5 nitrogen and oxygen atoms in total. The molecule has 0 fully saturated rings. The normalized spacial score (nSPS) is 15.0. The van der Waals surface area contributed by atoms with E-state index in [1.165, 1.54) is 11.3 Å². The summed E-state index contributed by atoms with van der Waals surface area (Å²) in [6.45, 7) is 2.04. The van der Waals surface area contributed by atoms with Crippen LogP contribution in [0.3, 0.4) is 0 Å². The maximum absolute atomic E-state index is 10.8. The molecule has 3 aromatic rings. The number of nitrogens with zero attached hydrogens (tertiary/aromatic N) is 2. The smallest absolute Gasteiger partial charge is 0.163 e. The van der Waals surface area contributed by atoms with Crippen molar-refractivity contribution in [2.45, 2.75) is 13.0 Å². The molecule has 7 heteroatoms. The number of carbonyl (C=O) groups is 1. The van der Waals surface area contributed by atoms with Gasteiger partial charge in [0.1, 0.15) is 6.29 Å². The lowest BCUT2D eigenvalue weighted by Gasteiger charge is -2.22. The summed E-state index contributed by atoms with van der Waals surface area (Å²) in [5, 5.41) is 13.8. The summed E-state index contributed by atoms with van der Waals surface area (Å²) in [5.74, 6) is 0.730. The third-order valence-corrected chi connectivity index (χ3v) is 5.28. The number of aliphatic hydroxyl groups is 1. The summed E-state index contributed by atoms with van der Waals surface area (Å²) in [7, 11) is 1.00. The summed E-state index contributed by atoms with van der Waals surface area (Å²) in [6, 6.07) is 13.2. The number of nitrogens with one attached hydrogen (secondary N) is 1. The van der Waals surface area contributed by atoms with Gasteiger partial charge in [0.2, 0.25) is 0 Å². The Balaban J connectivity index is 0.00000102. The minimum Gasteiger partial charge on any atom is -0.400 e. The average molecular weight is 400 g/mol. The topological polar surface area (TPSA) is 74.6 Å². The number of aliphatic imine (C=N–C) groups is 1. The van der Waals surface area contributed by atoms with Crippen LogP contribution in [-0.4, -0.2) is 29.3 Å². The van der Waals surface area contributed by atoms with E-state index in [-0.39, 0.29) is 6.04 Å². The number of hydrogen-bond donors (Lipinski definition) is 2. The Morgan fingerprint density at radius 2 is 1.93 bits per heavy atom. The molecule has 1 unspecified atom stereocenters. The third kappa shape index (κ3) is 3.93. The summed E-state index contributed by atoms with van der Waals surface area (Å²) in [6.07, 6.45) is 0.833. The second kappa shape index (κ2) is 8.43. The fourth-order valence-electron chi connectivity index (χ4n) is 2.79. The largest absolute Gasteiger partial charge is 0.400 e. The second-order valence-corrected chi connectivity index (χ2v) is 7.03. The van der Waals surface area contributed by atoms with Gasteiger partial charge in [0.25, 0.3) is 0 Å². The molecule has 138 valence electrons. The molecule has 0 spiro atoms. The molecule has 1 atom stereocenters. The number of aliphatic hydroxyl groups excluding tert-OH is 1. The lowest BCUT2D eigenvalue weighted by atomic mass is 10.0. The zero-order valence-electron chi connectivity index (χ0n) is 14.8. The number of carbonyl (C=O) groups excluding carboxylic acids is 1. The highest BCUT2D eigenvalue weighted by atomic mass is 35.5. The standard InChI is InChI=1S/C19H14ClN3OS.CH4O/c1-11-14-3-2-4-15(20)17(14)23-18(21-11)19-22-16(10-25-19)13-7-5-12(9-24)6-8-13;1-2/h2-11H,1H3,(H,21,23);2H,1H3. The Hall–Kier alpha value is -2.54. The van der Waals surface area contributed by atoms with Crippen LogP contribution in [-0.2, 0) is 0 Å². The fourth-order valence-corrected chi connectivity index (χ4v) is 3.80. The van der Waals surface area contributed by atoms with E-state index in [0.29, 0.717) is 10.6 Å². The predicted molar refractivity (Wildman–Crippen MR) is 111 cm³/mol. The van der Waals surface area contributed by atoms with Gasteiger partial charge in [0.05, 0.1) is 22.4 Å². The predicted octanol–water partition coefficient (Wildman–Crippen LogP) is 4.82. The van der Waals surface area contributed by atoms with Gasteiger partial charge in [-0.15, -0.1) is 11.3 Å². The van der Waals surface area contributed by atoms with E-state index in [4.69, 9.17) is 26.7 Å². The number of aldehydes is 1. The molecule has 1 aliphatic heterocycles. The Morgan fingerprint density at radius 3 is 2.63 bits per heavy atom. The molecule has 2 heterocycles. The lowest BCUT2D eigenvalue weighted by molar-refractivity contribution is 0.112. The van der Waals surface area contributed by atoms with Crippen LogP contribution in [0.4, 0.5) is 5.69 Å². The van der Waals surface area contributed by atoms with Crippen molar-refractivity contribution in [1.82, 2.24) is 4.98 Å². The van der Waals surface area contributed by atoms with Crippen molar-refractivity contribution in [3.05, 3.63) is 69.0 Å². The number of thiazole rings is 1. The van der Waals surface area contributed by atoms with Crippen LogP contribution in [0.5, 0.6) is 0 Å². The highest BCUT2D eigenvalue weighted by Gasteiger charge is 2.22. The van der Waals surface area contributed by atoms with Crippen molar-refractivity contribution >= 4 is 40.7 Å². The molecular formula is C20H18ClN3O2S. The number of halogens is 1. The van der Waals surface area contributed by atoms with Gasteiger partial charge in [0.15, 0.2) is 10.8 Å². The molecule has 4 rings (SSSR count). The van der Waals surface area contributed by atoms with Crippen LogP contribution in [0.15, 0.2) is 52.8 Å². The maximum Gasteiger partial charge on any atom is 0.163 e. The first-order valence-electron chi connectivity index (χ1n) is 8.25. The van der Waals surface area contributed by atoms with Gasteiger partial charge in [-0.2, -0.15) is 0 Å². The van der Waals surface area contributed by atoms with Crippen molar-refractivity contribution in [1.29, 1.82) is 0 Å². The SMILES string of the molecule is CC1N=C(c2nc(-c3ccc(C=O)cc3)cs2)Nc2c(Cl)cccc21.CO. The maximum atomic E-state index is 10.8. The number of hydrogen-bond acceptors (Lipinski definition) is 6. The molecule has 1 aliphatic rings. The first kappa shape index (κ1) is 19.2. The van der Waals surface area contributed by atoms with Gasteiger partial charge in [-0.25, -0.2) is 4.98 Å². The molecule has 0 amide bonds. The highest BCUT2D eigenvalue weighted by Crippen LogP contribution is 2.36. The Kier molecular flexibility index (Phi) is 6.01. The number of rotatable bonds is 3. The van der Waals surface area contributed by atoms with Crippen LogP contribution in [0.2, 0.25) is 5.02 Å². The zero-order chi connectivity index (χ0) is 19.4. The van der Waals surface area contributed by atoms with Crippen molar-refractivity contribution < 1.29 is 9.90 Å². The van der Waals surface area contributed by atoms with Gasteiger partial charge in [-0.3, -0.25) is 9.79 Å². The minimum atomic E-state index is 0.0178. The molecule has 0 saturated heterocycles. The van der Waals surface area contributed by atoms with Crippen molar-refractivity contribution in [2.75, 3.05) is 12.4 Å². The fraction of sp³-hybridized carbons (Fsp3) is 0.150. The van der Waals surface area contributed by atoms with E-state index >= 15 is 0 Å². The van der Waals surface area contributed by atoms with Crippen LogP contribution in [0, 0.1) is 0 Å². The van der Waals surface area contributed by atoms with Crippen LogP contribution in [0.25, 0.3) is 11.3 Å². The number of para-hydroxylation sites is 1. The molecule has 0 bridgehead atoms. The van der Waals surface area contributed by atoms with Crippen molar-refractivity contribution in [2.24, 2.45) is 4.99 Å². The van der Waals surface area contributed by atoms with Crippen LogP contribution < -0.4 is 5.32 Å². The van der Waals surface area contributed by atoms with Gasteiger partial charge in [0, 0.05) is 29.2 Å². The van der Waals surface area contributed by atoms with Gasteiger partial charge < -0.3 is 10.4 Å². The molecule has 2 aromatic carbocycles. The summed E-state index contributed by atoms with van der Waals surface area (Å²) < 4.78 is 0. The molecule has 27 heavy (non-hydrogen) atoms. The first-order chi connectivity index (χ1) is 13.2. The number of amidine groups is 1. The molecule has 2 N–H and O–H groups in total. The van der Waals surface area contributed by atoms with Gasteiger partial charge in [-0.05, 0) is 13.0 Å². The van der Waals surface area contributed by atoms with Crippen LogP contribution in [0.1, 0.15) is 33.9 Å². The first-order valence-corrected chi connectivity index (χ1v) is 9.51. The van der Waals surface area contributed by atoms with Crippen molar-refractivity contribution in [3.8, 4) is 11.3 Å². The van der Waals surface area contributed by atoms with E-state index < -0.39 is 0 Å². The third-order valence-electron chi connectivity index (χ3n) is 4.11. The van der Waals surface area contributed by atoms with Gasteiger partial charge >= 0.3 is 0 Å². The van der Waals surface area contributed by atoms with E-state index in [9.17, 15) is 4.79 Å². The highest BCUT2D eigenvalue weighted by molar-refractivity contribution is 7.12. The number of fused-ring (bicyclic) bond motifs is 1. The van der Waals surface area contributed by atoms with Crippen LogP contribution >= 0.6 is 22.9 Å². The number of aromatic nitrogens is 1. The molecular weight excluding hydrogens is 382 g/mol. The molecule has 1 aromatic heterocycles. The molecule has 0 radical (unpaired) electrons. The molecule has 0 aliphatic carbocycles. The minimum absolute atomic E-state index is 0.0178. The van der Waals surface area contributed by atoms with E-state index in [1.807, 2.05) is 42.6 Å². The Bertz CT molecular complexity index is 983. The quantitative estimate of drug-likeness (QED) is 0.619. The van der Waals surface area contributed by atoms with E-state index in [0.717, 1.165) is 46.7 Å². The summed E-state index contributed by atoms with van der Waals surface area (Å²) in [5.41, 5.74) is 4.46. The molecule has 0 saturated carbocycles. The summed E-state index contributed by atoms with van der Waals surface area (Å²) >= 11 is 7.85. The summed E-state index contributed by atoms with van der Waals surface area (Å²) in [4.78, 5) is 20.2. The van der Waals surface area contributed by atoms with E-state index in [2.05, 4.69) is 5.32 Å². The number of benzene rings is 2. The van der Waals surface area contributed by atoms with Crippen molar-refractivity contribution in [3.63, 3.8) is 0 Å². The van der Waals surface area contributed by atoms with Gasteiger partial charge in [-0.1, -0.05) is 48.0 Å². The second-order valence-electron chi connectivity index (χ2n) is 5.76. The lowest BCUT2D eigenvalue weighted by Crippen LogP contribution is -2.20. The Morgan fingerprint density at radius 1 is 1.19 bits per heavy atom. The van der Waals surface area contributed by atoms with E-state index in [1.54, 1.807) is 12.1 Å². The monoisotopic (exact) mass is 399 g/mol. The number of anilines is 1. The Labute approximate surface area is 166 Å².